The molecule has 28 heavy (non-hydrogen) atoms. The van der Waals surface area contributed by atoms with Crippen LogP contribution in [0.2, 0.25) is 0 Å². The van der Waals surface area contributed by atoms with Crippen molar-refractivity contribution in [3.05, 3.63) is 47.3 Å². The zero-order valence-corrected chi connectivity index (χ0v) is 17.4. The third kappa shape index (κ3) is 4.49. The molecule has 1 aromatic carbocycles. The smallest absolute Gasteiger partial charge is 0.252 e. The number of nitrogens with zero attached hydrogens (tertiary/aromatic N) is 2. The van der Waals surface area contributed by atoms with E-state index in [1.54, 1.807) is 48.7 Å². The van der Waals surface area contributed by atoms with Crippen molar-refractivity contribution in [1.29, 1.82) is 0 Å². The van der Waals surface area contributed by atoms with E-state index in [0.717, 1.165) is 0 Å². The van der Waals surface area contributed by atoms with Crippen LogP contribution in [0, 0.1) is 0 Å². The summed E-state index contributed by atoms with van der Waals surface area (Å²) in [7, 11) is -3.46. The average Bonchev–Trinajstić information content (AvgIpc) is 3.23. The Morgan fingerprint density at radius 3 is 2.43 bits per heavy atom. The topological polar surface area (TPSA) is 86.8 Å². The fraction of sp³-hybridized carbons (Fsp3) is 0.368. The van der Waals surface area contributed by atoms with Crippen LogP contribution < -0.4 is 5.32 Å². The number of Topliss-reactive ketones (excluding diaryl/α,β-unsaturated/α-hetero) is 1. The number of thiophene rings is 1. The second-order valence-electron chi connectivity index (χ2n) is 6.67. The monoisotopic (exact) mass is 421 g/mol. The van der Waals surface area contributed by atoms with E-state index >= 15 is 0 Å². The van der Waals surface area contributed by atoms with Gasteiger partial charge in [-0.15, -0.1) is 11.3 Å². The fourth-order valence-corrected chi connectivity index (χ4v) is 5.66. The molecule has 1 fully saturated rings. The number of anilines is 1. The standard InChI is InChI=1S/C19H23N3O4S2/c1-14(19(24)20-17-6-3-5-16(13-17)15(2)23)21-8-10-22(11-9-21)28(25,26)18-7-4-12-27-18/h3-7,12-14H,8-11H2,1-2H3,(H,20,24)/t14-/m0/s1. The molecule has 150 valence electrons. The minimum Gasteiger partial charge on any atom is -0.325 e. The predicted molar refractivity (Wildman–Crippen MR) is 109 cm³/mol. The first-order chi connectivity index (χ1) is 13.3. The van der Waals surface area contributed by atoms with Gasteiger partial charge in [-0.1, -0.05) is 18.2 Å². The molecule has 0 spiro atoms. The van der Waals surface area contributed by atoms with Gasteiger partial charge in [0.2, 0.25) is 5.91 Å². The number of benzene rings is 1. The first-order valence-electron chi connectivity index (χ1n) is 8.98. The van der Waals surface area contributed by atoms with Gasteiger partial charge in [-0.3, -0.25) is 14.5 Å². The maximum absolute atomic E-state index is 12.6. The molecule has 2 heterocycles. The molecule has 1 saturated heterocycles. The summed E-state index contributed by atoms with van der Waals surface area (Å²) in [5.41, 5.74) is 1.11. The summed E-state index contributed by atoms with van der Waals surface area (Å²) in [6, 6.07) is 9.74. The number of carbonyl (C=O) groups excluding carboxylic acids is 2. The molecule has 1 aromatic heterocycles. The highest BCUT2D eigenvalue weighted by Crippen LogP contribution is 2.22. The normalized spacial score (nSPS) is 17.2. The van der Waals surface area contributed by atoms with Crippen LogP contribution in [0.5, 0.6) is 0 Å². The quantitative estimate of drug-likeness (QED) is 0.723. The lowest BCUT2D eigenvalue weighted by Gasteiger charge is -2.36. The van der Waals surface area contributed by atoms with Gasteiger partial charge in [-0.05, 0) is 37.4 Å². The number of ketones is 1. The maximum Gasteiger partial charge on any atom is 0.252 e. The highest BCUT2D eigenvalue weighted by Gasteiger charge is 2.32. The Hall–Kier alpha value is -2.07. The van der Waals surface area contributed by atoms with Crippen molar-refractivity contribution in [2.75, 3.05) is 31.5 Å². The van der Waals surface area contributed by atoms with Gasteiger partial charge in [0.15, 0.2) is 5.78 Å². The van der Waals surface area contributed by atoms with Gasteiger partial charge in [0.25, 0.3) is 10.0 Å². The van der Waals surface area contributed by atoms with Crippen LogP contribution >= 0.6 is 11.3 Å². The van der Waals surface area contributed by atoms with Crippen molar-refractivity contribution < 1.29 is 18.0 Å². The Bertz CT molecular complexity index is 949. The first kappa shape index (κ1) is 20.7. The van der Waals surface area contributed by atoms with Crippen LogP contribution in [0.4, 0.5) is 5.69 Å². The van der Waals surface area contributed by atoms with Crippen molar-refractivity contribution in [1.82, 2.24) is 9.21 Å². The Kier molecular flexibility index (Phi) is 6.29. The molecule has 0 saturated carbocycles. The van der Waals surface area contributed by atoms with Crippen molar-refractivity contribution in [3.8, 4) is 0 Å². The van der Waals surface area contributed by atoms with Gasteiger partial charge in [-0.25, -0.2) is 8.42 Å². The zero-order valence-electron chi connectivity index (χ0n) is 15.8. The van der Waals surface area contributed by atoms with Crippen LogP contribution in [-0.2, 0) is 14.8 Å². The summed E-state index contributed by atoms with van der Waals surface area (Å²) in [6.45, 7) is 4.93. The third-order valence-electron chi connectivity index (χ3n) is 4.83. The molecular weight excluding hydrogens is 398 g/mol. The lowest BCUT2D eigenvalue weighted by atomic mass is 10.1. The number of nitrogens with one attached hydrogen (secondary N) is 1. The van der Waals surface area contributed by atoms with Crippen molar-refractivity contribution in [3.63, 3.8) is 0 Å². The number of sulfonamides is 1. The number of hydrogen-bond acceptors (Lipinski definition) is 6. The maximum atomic E-state index is 12.6. The van der Waals surface area contributed by atoms with Crippen LogP contribution in [0.1, 0.15) is 24.2 Å². The van der Waals surface area contributed by atoms with E-state index in [9.17, 15) is 18.0 Å². The number of hydrogen-bond donors (Lipinski definition) is 1. The minimum absolute atomic E-state index is 0.0628. The largest absolute Gasteiger partial charge is 0.325 e. The van der Waals surface area contributed by atoms with Gasteiger partial charge in [-0.2, -0.15) is 4.31 Å². The molecular formula is C19H23N3O4S2. The molecule has 1 N–H and O–H groups in total. The van der Waals surface area contributed by atoms with E-state index in [1.807, 2.05) is 4.90 Å². The van der Waals surface area contributed by atoms with Crippen molar-refractivity contribution in [2.45, 2.75) is 24.1 Å². The summed E-state index contributed by atoms with van der Waals surface area (Å²) >= 11 is 1.21. The molecule has 1 amide bonds. The summed E-state index contributed by atoms with van der Waals surface area (Å²) in [6.07, 6.45) is 0. The van der Waals surface area contributed by atoms with Gasteiger partial charge in [0, 0.05) is 37.4 Å². The molecule has 0 unspecified atom stereocenters. The van der Waals surface area contributed by atoms with E-state index in [1.165, 1.54) is 22.6 Å². The predicted octanol–water partition coefficient (Wildman–Crippen LogP) is 2.28. The molecule has 2 aromatic rings. The van der Waals surface area contributed by atoms with Gasteiger partial charge in [0.1, 0.15) is 4.21 Å². The average molecular weight is 422 g/mol. The van der Waals surface area contributed by atoms with E-state index < -0.39 is 16.1 Å². The summed E-state index contributed by atoms with van der Waals surface area (Å²) in [4.78, 5) is 26.0. The Balaban J connectivity index is 1.59. The Morgan fingerprint density at radius 1 is 1.11 bits per heavy atom. The van der Waals surface area contributed by atoms with Crippen LogP contribution in [-0.4, -0.2) is 61.5 Å². The molecule has 3 rings (SSSR count). The second kappa shape index (κ2) is 8.52. The van der Waals surface area contributed by atoms with Crippen LogP contribution in [0.15, 0.2) is 46.0 Å². The molecule has 1 atom stereocenters. The fourth-order valence-electron chi connectivity index (χ4n) is 3.10. The summed E-state index contributed by atoms with van der Waals surface area (Å²) in [5.74, 6) is -0.248. The van der Waals surface area contributed by atoms with E-state index in [-0.39, 0.29) is 11.7 Å². The lowest BCUT2D eigenvalue weighted by molar-refractivity contribution is -0.121. The SMILES string of the molecule is CC(=O)c1cccc(NC(=O)[C@H](C)N2CCN(S(=O)(=O)c3cccs3)CC2)c1. The zero-order chi connectivity index (χ0) is 20.3. The van der Waals surface area contributed by atoms with Gasteiger partial charge >= 0.3 is 0 Å². The second-order valence-corrected chi connectivity index (χ2v) is 9.79. The number of rotatable bonds is 6. The van der Waals surface area contributed by atoms with E-state index in [0.29, 0.717) is 41.6 Å². The number of piperazine rings is 1. The Morgan fingerprint density at radius 2 is 1.82 bits per heavy atom. The molecule has 0 bridgehead atoms. The van der Waals surface area contributed by atoms with E-state index in [2.05, 4.69) is 5.32 Å². The van der Waals surface area contributed by atoms with Gasteiger partial charge in [0.05, 0.1) is 6.04 Å². The molecule has 0 aliphatic carbocycles. The molecule has 9 heteroatoms. The highest BCUT2D eigenvalue weighted by molar-refractivity contribution is 7.91. The molecule has 1 aliphatic heterocycles. The van der Waals surface area contributed by atoms with Crippen molar-refractivity contribution >= 4 is 38.7 Å². The van der Waals surface area contributed by atoms with E-state index in [4.69, 9.17) is 0 Å². The lowest BCUT2D eigenvalue weighted by Crippen LogP contribution is -2.53. The first-order valence-corrected chi connectivity index (χ1v) is 11.3. The number of amides is 1. The highest BCUT2D eigenvalue weighted by atomic mass is 32.2. The molecule has 7 nitrogen and oxygen atoms in total. The van der Waals surface area contributed by atoms with Crippen LogP contribution in [0.25, 0.3) is 0 Å². The van der Waals surface area contributed by atoms with Crippen molar-refractivity contribution in [2.24, 2.45) is 0 Å². The summed E-state index contributed by atoms with van der Waals surface area (Å²) < 4.78 is 27.0. The molecule has 0 radical (unpaired) electrons. The van der Waals surface area contributed by atoms with Gasteiger partial charge < -0.3 is 5.32 Å². The third-order valence-corrected chi connectivity index (χ3v) is 8.10. The minimum atomic E-state index is -3.46. The molecule has 1 aliphatic rings. The van der Waals surface area contributed by atoms with Crippen LogP contribution in [0.3, 0.4) is 0 Å². The summed E-state index contributed by atoms with van der Waals surface area (Å²) in [5, 5.41) is 4.58. The number of carbonyl (C=O) groups is 2. The Labute approximate surface area is 169 Å².